The highest BCUT2D eigenvalue weighted by molar-refractivity contribution is 5.78. The summed E-state index contributed by atoms with van der Waals surface area (Å²) in [6.45, 7) is 4.81. The number of allylic oxidation sites excluding steroid dienone is 1. The van der Waals surface area contributed by atoms with Gasteiger partial charge in [0.15, 0.2) is 6.29 Å². The summed E-state index contributed by atoms with van der Waals surface area (Å²) in [6, 6.07) is -0.619. The lowest BCUT2D eigenvalue weighted by Crippen LogP contribution is -2.42. The molecule has 0 aliphatic rings. The molecule has 0 aliphatic carbocycles. The predicted octanol–water partition coefficient (Wildman–Crippen LogP) is 10.8. The van der Waals surface area contributed by atoms with Crippen LogP contribution in [0.4, 0.5) is 0 Å². The number of ether oxygens (including phenoxy) is 4. The first-order valence-corrected chi connectivity index (χ1v) is 22.0. The Bertz CT molecular complexity index is 851. The molecular weight excluding hydrogens is 670 g/mol. The number of amides is 1. The maximum Gasteiger partial charge on any atom is 0.306 e. The zero-order valence-electron chi connectivity index (χ0n) is 34.7. The van der Waals surface area contributed by atoms with E-state index >= 15 is 0 Å². The van der Waals surface area contributed by atoms with Crippen molar-refractivity contribution < 1.29 is 38.4 Å². The number of carbonyl (C=O) groups is 3. The number of aliphatic hydroxyl groups is 1. The maximum absolute atomic E-state index is 12.8. The van der Waals surface area contributed by atoms with Gasteiger partial charge in [-0.2, -0.15) is 0 Å². The lowest BCUT2D eigenvalue weighted by molar-refractivity contribution is -0.152. The molecule has 2 N–H and O–H groups in total. The third kappa shape index (κ3) is 39.5. The molecule has 312 valence electrons. The molecule has 0 radical (unpaired) electrons. The molecule has 0 bridgehead atoms. The molecule has 9 nitrogen and oxygen atoms in total. The van der Waals surface area contributed by atoms with Crippen molar-refractivity contribution in [3.05, 3.63) is 12.2 Å². The Labute approximate surface area is 325 Å². The molecule has 0 fully saturated rings. The summed E-state index contributed by atoms with van der Waals surface area (Å²) in [5.41, 5.74) is 0. The van der Waals surface area contributed by atoms with Crippen LogP contribution < -0.4 is 5.32 Å². The van der Waals surface area contributed by atoms with Crippen LogP contribution >= 0.6 is 0 Å². The molecule has 2 atom stereocenters. The zero-order valence-corrected chi connectivity index (χ0v) is 34.7. The molecule has 0 spiro atoms. The van der Waals surface area contributed by atoms with Crippen LogP contribution in [0.5, 0.6) is 0 Å². The number of hydrogen-bond donors (Lipinski definition) is 2. The summed E-state index contributed by atoms with van der Waals surface area (Å²) in [6.07, 6.45) is 36.7. The zero-order chi connectivity index (χ0) is 38.9. The van der Waals surface area contributed by atoms with E-state index in [-0.39, 0.29) is 45.2 Å². The summed E-state index contributed by atoms with van der Waals surface area (Å²) in [7, 11) is 1.51. The minimum absolute atomic E-state index is 0.0130. The molecule has 0 aromatic heterocycles. The second kappa shape index (κ2) is 41.2. The van der Waals surface area contributed by atoms with Crippen molar-refractivity contribution >= 4 is 17.8 Å². The van der Waals surface area contributed by atoms with Gasteiger partial charge in [-0.05, 0) is 25.3 Å². The van der Waals surface area contributed by atoms with Crippen molar-refractivity contribution in [1.29, 1.82) is 0 Å². The Morgan fingerprint density at radius 1 is 0.547 bits per heavy atom. The van der Waals surface area contributed by atoms with E-state index in [9.17, 15) is 19.5 Å². The smallest absolute Gasteiger partial charge is 0.306 e. The quantitative estimate of drug-likeness (QED) is 0.0274. The third-order valence-electron chi connectivity index (χ3n) is 9.64. The number of aliphatic hydroxyl groups excluding tert-OH is 1. The first kappa shape index (κ1) is 51.0. The molecule has 0 saturated carbocycles. The average molecular weight is 754 g/mol. The van der Waals surface area contributed by atoms with E-state index in [1.54, 1.807) is 6.08 Å². The topological polar surface area (TPSA) is 120 Å². The van der Waals surface area contributed by atoms with Gasteiger partial charge in [0.1, 0.15) is 13.2 Å². The van der Waals surface area contributed by atoms with E-state index in [1.807, 2.05) is 6.08 Å². The van der Waals surface area contributed by atoms with Crippen molar-refractivity contribution in [3.8, 4) is 0 Å². The number of nitrogens with one attached hydrogen (secondary N) is 1. The molecule has 0 aromatic carbocycles. The van der Waals surface area contributed by atoms with Gasteiger partial charge in [-0.25, -0.2) is 0 Å². The fourth-order valence-electron chi connectivity index (χ4n) is 6.28. The Morgan fingerprint density at radius 3 is 1.45 bits per heavy atom. The summed E-state index contributed by atoms with van der Waals surface area (Å²) in [5.74, 6) is -1.20. The Balaban J connectivity index is 4.36. The first-order valence-electron chi connectivity index (χ1n) is 22.0. The molecule has 0 unspecified atom stereocenters. The predicted molar refractivity (Wildman–Crippen MR) is 217 cm³/mol. The van der Waals surface area contributed by atoms with Crippen LogP contribution in [0.25, 0.3) is 0 Å². The second-order valence-corrected chi connectivity index (χ2v) is 14.8. The van der Waals surface area contributed by atoms with E-state index in [0.717, 1.165) is 32.1 Å². The monoisotopic (exact) mass is 754 g/mol. The normalized spacial score (nSPS) is 12.6. The Hall–Kier alpha value is -1.97. The summed E-state index contributed by atoms with van der Waals surface area (Å²) >= 11 is 0. The van der Waals surface area contributed by atoms with Gasteiger partial charge in [-0.3, -0.25) is 14.4 Å². The van der Waals surface area contributed by atoms with Gasteiger partial charge < -0.3 is 29.4 Å². The van der Waals surface area contributed by atoms with E-state index in [1.165, 1.54) is 148 Å². The summed E-state index contributed by atoms with van der Waals surface area (Å²) in [5, 5.41) is 13.3. The Kier molecular flexibility index (Phi) is 39.7. The van der Waals surface area contributed by atoms with Crippen LogP contribution in [0.15, 0.2) is 12.2 Å². The third-order valence-corrected chi connectivity index (χ3v) is 9.64. The minimum Gasteiger partial charge on any atom is -0.463 e. The SMILES string of the molecule is CCCCCCCCCCCCC/C=C/[C@@H](O)OC[C@H](COC(=O)CCC(=O)OCCOC)NC(=O)CCCCCCCCCCCCCCCCC. The highest BCUT2D eigenvalue weighted by Crippen LogP contribution is 2.15. The Morgan fingerprint density at radius 2 is 0.981 bits per heavy atom. The van der Waals surface area contributed by atoms with E-state index < -0.39 is 24.3 Å². The number of esters is 2. The van der Waals surface area contributed by atoms with Crippen LogP contribution in [-0.4, -0.2) is 68.8 Å². The van der Waals surface area contributed by atoms with E-state index in [4.69, 9.17) is 18.9 Å². The summed E-state index contributed by atoms with van der Waals surface area (Å²) in [4.78, 5) is 36.9. The van der Waals surface area contributed by atoms with Crippen LogP contribution in [0.1, 0.15) is 206 Å². The van der Waals surface area contributed by atoms with Gasteiger partial charge in [-0.15, -0.1) is 0 Å². The summed E-state index contributed by atoms with van der Waals surface area (Å²) < 4.78 is 20.8. The maximum atomic E-state index is 12.8. The highest BCUT2D eigenvalue weighted by Gasteiger charge is 2.18. The molecule has 0 heterocycles. The van der Waals surface area contributed by atoms with Crippen molar-refractivity contribution in [2.75, 3.05) is 33.5 Å². The van der Waals surface area contributed by atoms with Crippen LogP contribution in [0.2, 0.25) is 0 Å². The van der Waals surface area contributed by atoms with E-state index in [0.29, 0.717) is 6.42 Å². The van der Waals surface area contributed by atoms with Gasteiger partial charge in [0, 0.05) is 13.5 Å². The van der Waals surface area contributed by atoms with Gasteiger partial charge in [0.2, 0.25) is 5.91 Å². The fraction of sp³-hybridized carbons (Fsp3) is 0.886. The van der Waals surface area contributed by atoms with Crippen LogP contribution in [0, 0.1) is 0 Å². The number of methoxy groups -OCH3 is 1. The second-order valence-electron chi connectivity index (χ2n) is 14.8. The van der Waals surface area contributed by atoms with Crippen molar-refractivity contribution in [3.63, 3.8) is 0 Å². The van der Waals surface area contributed by atoms with Crippen molar-refractivity contribution in [1.82, 2.24) is 5.32 Å². The molecule has 9 heteroatoms. The largest absolute Gasteiger partial charge is 0.463 e. The molecular formula is C44H83NO8. The standard InChI is InChI=1S/C44H83NO8/c1-4-6-8-10-12-14-16-18-19-21-22-24-26-28-30-32-41(46)45-40(39-53-44(49)35-34-43(48)51-37-36-50-3)38-52-42(47)33-31-29-27-25-23-20-17-15-13-11-9-7-5-2/h31,33,40,42,47H,4-30,32,34-39H2,1-3H3,(H,45,46)/b33-31+/t40-,42+/m1/s1. The minimum atomic E-state index is -1.12. The van der Waals surface area contributed by atoms with Gasteiger partial charge in [0.25, 0.3) is 0 Å². The highest BCUT2D eigenvalue weighted by atomic mass is 16.6. The van der Waals surface area contributed by atoms with Crippen molar-refractivity contribution in [2.24, 2.45) is 0 Å². The van der Waals surface area contributed by atoms with Crippen LogP contribution in [0.3, 0.4) is 0 Å². The number of unbranched alkanes of at least 4 members (excludes halogenated alkanes) is 25. The number of carbonyl (C=O) groups excluding carboxylic acids is 3. The lowest BCUT2D eigenvalue weighted by Gasteiger charge is -2.20. The van der Waals surface area contributed by atoms with E-state index in [2.05, 4.69) is 19.2 Å². The molecule has 1 amide bonds. The molecule has 53 heavy (non-hydrogen) atoms. The molecule has 0 aliphatic heterocycles. The van der Waals surface area contributed by atoms with Gasteiger partial charge in [-0.1, -0.05) is 174 Å². The molecule has 0 aromatic rings. The van der Waals surface area contributed by atoms with Gasteiger partial charge in [0.05, 0.1) is 32.1 Å². The lowest BCUT2D eigenvalue weighted by atomic mass is 10.0. The first-order chi connectivity index (χ1) is 25.9. The number of hydrogen-bond acceptors (Lipinski definition) is 8. The number of rotatable bonds is 41. The van der Waals surface area contributed by atoms with Crippen LogP contribution in [-0.2, 0) is 33.3 Å². The van der Waals surface area contributed by atoms with Crippen molar-refractivity contribution in [2.45, 2.75) is 219 Å². The molecule has 0 saturated heterocycles. The van der Waals surface area contributed by atoms with Gasteiger partial charge >= 0.3 is 11.9 Å². The fourth-order valence-corrected chi connectivity index (χ4v) is 6.28. The average Bonchev–Trinajstić information content (AvgIpc) is 3.15. The molecule has 0 rings (SSSR count).